The number of carbonyl (C=O) groups excluding carboxylic acids is 1. The van der Waals surface area contributed by atoms with E-state index in [0.29, 0.717) is 33.0 Å². The van der Waals surface area contributed by atoms with Crippen LogP contribution < -0.4 is 5.32 Å². The first-order chi connectivity index (χ1) is 10.3. The Bertz CT molecular complexity index is 383. The lowest BCUT2D eigenvalue weighted by molar-refractivity contribution is -0.145. The fraction of sp³-hybridized carbons (Fsp3) is 0.562. The number of rotatable bonds is 11. The van der Waals surface area contributed by atoms with Gasteiger partial charge in [0, 0.05) is 13.7 Å². The summed E-state index contributed by atoms with van der Waals surface area (Å²) in [6.45, 7) is 4.71. The van der Waals surface area contributed by atoms with E-state index in [9.17, 15) is 4.79 Å². The molecule has 0 radical (unpaired) electrons. The molecule has 118 valence electrons. The number of methoxy groups -OCH3 is 1. The van der Waals surface area contributed by atoms with Crippen molar-refractivity contribution in [2.75, 3.05) is 40.1 Å². The van der Waals surface area contributed by atoms with E-state index in [-0.39, 0.29) is 5.97 Å². The molecule has 0 amide bonds. The number of nitrogens with one attached hydrogen (secondary N) is 1. The SMILES string of the molecule is CCOC(=O)C(NCCCOCCOC)c1ccccc1. The van der Waals surface area contributed by atoms with Gasteiger partial charge in [0.15, 0.2) is 0 Å². The summed E-state index contributed by atoms with van der Waals surface area (Å²) in [6.07, 6.45) is 0.826. The van der Waals surface area contributed by atoms with E-state index in [1.807, 2.05) is 37.3 Å². The molecule has 0 bridgehead atoms. The molecule has 0 aliphatic heterocycles. The van der Waals surface area contributed by atoms with Crippen LogP contribution in [0.1, 0.15) is 24.9 Å². The highest BCUT2D eigenvalue weighted by Crippen LogP contribution is 2.14. The van der Waals surface area contributed by atoms with Crippen LogP contribution in [0.3, 0.4) is 0 Å². The van der Waals surface area contributed by atoms with E-state index >= 15 is 0 Å². The van der Waals surface area contributed by atoms with Crippen molar-refractivity contribution in [3.8, 4) is 0 Å². The fourth-order valence-corrected chi connectivity index (χ4v) is 1.87. The summed E-state index contributed by atoms with van der Waals surface area (Å²) in [4.78, 5) is 12.0. The Hall–Kier alpha value is -1.43. The first-order valence-electron chi connectivity index (χ1n) is 7.31. The molecule has 0 saturated heterocycles. The van der Waals surface area contributed by atoms with Crippen LogP contribution >= 0.6 is 0 Å². The van der Waals surface area contributed by atoms with E-state index < -0.39 is 6.04 Å². The normalized spacial score (nSPS) is 12.1. The van der Waals surface area contributed by atoms with Gasteiger partial charge in [0.25, 0.3) is 0 Å². The maximum Gasteiger partial charge on any atom is 0.327 e. The van der Waals surface area contributed by atoms with E-state index in [4.69, 9.17) is 14.2 Å². The maximum atomic E-state index is 12.0. The average Bonchev–Trinajstić information content (AvgIpc) is 2.51. The van der Waals surface area contributed by atoms with Crippen LogP contribution in [-0.4, -0.2) is 46.1 Å². The van der Waals surface area contributed by atoms with Crippen molar-refractivity contribution in [3.05, 3.63) is 35.9 Å². The van der Waals surface area contributed by atoms with Crippen LogP contribution in [0.25, 0.3) is 0 Å². The largest absolute Gasteiger partial charge is 0.465 e. The van der Waals surface area contributed by atoms with E-state index in [1.165, 1.54) is 0 Å². The minimum Gasteiger partial charge on any atom is -0.465 e. The standard InChI is InChI=1S/C16H25NO4/c1-3-21-16(18)15(14-8-5-4-6-9-14)17-10-7-11-20-13-12-19-2/h4-6,8-9,15,17H,3,7,10-13H2,1-2H3. The zero-order valence-corrected chi connectivity index (χ0v) is 12.8. The Kier molecular flexibility index (Phi) is 9.44. The molecule has 0 aliphatic carbocycles. The van der Waals surface area contributed by atoms with Crippen molar-refractivity contribution in [1.82, 2.24) is 5.32 Å². The molecule has 21 heavy (non-hydrogen) atoms. The molecule has 1 aromatic rings. The zero-order chi connectivity index (χ0) is 15.3. The third-order valence-corrected chi connectivity index (χ3v) is 2.90. The Morgan fingerprint density at radius 2 is 1.95 bits per heavy atom. The van der Waals surface area contributed by atoms with Gasteiger partial charge >= 0.3 is 5.97 Å². The smallest absolute Gasteiger partial charge is 0.327 e. The Morgan fingerprint density at radius 3 is 2.62 bits per heavy atom. The second kappa shape index (κ2) is 11.3. The lowest BCUT2D eigenvalue weighted by Gasteiger charge is -2.17. The van der Waals surface area contributed by atoms with Crippen LogP contribution in [0.15, 0.2) is 30.3 Å². The van der Waals surface area contributed by atoms with Gasteiger partial charge in [-0.05, 0) is 25.5 Å². The second-order valence-corrected chi connectivity index (χ2v) is 4.51. The molecular weight excluding hydrogens is 270 g/mol. The predicted octanol–water partition coefficient (Wildman–Crippen LogP) is 1.93. The van der Waals surface area contributed by atoms with E-state index in [2.05, 4.69) is 5.32 Å². The van der Waals surface area contributed by atoms with Gasteiger partial charge in [0.05, 0.1) is 19.8 Å². The summed E-state index contributed by atoms with van der Waals surface area (Å²) in [5.41, 5.74) is 0.913. The molecule has 0 fully saturated rings. The van der Waals surface area contributed by atoms with Gasteiger partial charge in [-0.1, -0.05) is 30.3 Å². The first-order valence-corrected chi connectivity index (χ1v) is 7.31. The lowest BCUT2D eigenvalue weighted by atomic mass is 10.1. The molecule has 1 rings (SSSR count). The second-order valence-electron chi connectivity index (χ2n) is 4.51. The monoisotopic (exact) mass is 295 g/mol. The lowest BCUT2D eigenvalue weighted by Crippen LogP contribution is -2.31. The number of esters is 1. The minimum atomic E-state index is -0.426. The van der Waals surface area contributed by atoms with Crippen molar-refractivity contribution in [3.63, 3.8) is 0 Å². The number of hydrogen-bond acceptors (Lipinski definition) is 5. The molecule has 0 aliphatic rings. The average molecular weight is 295 g/mol. The highest BCUT2D eigenvalue weighted by molar-refractivity contribution is 5.77. The Morgan fingerprint density at radius 1 is 1.19 bits per heavy atom. The number of benzene rings is 1. The van der Waals surface area contributed by atoms with Crippen LogP contribution in [0, 0.1) is 0 Å². The Balaban J connectivity index is 2.38. The van der Waals surface area contributed by atoms with E-state index in [0.717, 1.165) is 12.0 Å². The van der Waals surface area contributed by atoms with Crippen molar-refractivity contribution in [2.24, 2.45) is 0 Å². The molecule has 0 spiro atoms. The van der Waals surface area contributed by atoms with Gasteiger partial charge in [0.1, 0.15) is 6.04 Å². The topological polar surface area (TPSA) is 56.8 Å². The quantitative estimate of drug-likeness (QED) is 0.499. The summed E-state index contributed by atoms with van der Waals surface area (Å²) < 4.78 is 15.4. The van der Waals surface area contributed by atoms with Crippen LogP contribution in [0.4, 0.5) is 0 Å². The van der Waals surface area contributed by atoms with Crippen molar-refractivity contribution in [2.45, 2.75) is 19.4 Å². The maximum absolute atomic E-state index is 12.0. The predicted molar refractivity (Wildman–Crippen MR) is 81.1 cm³/mol. The summed E-state index contributed by atoms with van der Waals surface area (Å²) in [5, 5.41) is 3.23. The first kappa shape index (κ1) is 17.6. The molecule has 1 aromatic carbocycles. The third kappa shape index (κ3) is 7.22. The van der Waals surface area contributed by atoms with Crippen molar-refractivity contribution < 1.29 is 19.0 Å². The highest BCUT2D eigenvalue weighted by atomic mass is 16.5. The molecule has 5 nitrogen and oxygen atoms in total. The summed E-state index contributed by atoms with van der Waals surface area (Å²) in [6, 6.07) is 9.17. The molecule has 1 atom stereocenters. The van der Waals surface area contributed by atoms with Crippen molar-refractivity contribution in [1.29, 1.82) is 0 Å². The van der Waals surface area contributed by atoms with Crippen LogP contribution in [0.5, 0.6) is 0 Å². The van der Waals surface area contributed by atoms with Gasteiger partial charge in [-0.15, -0.1) is 0 Å². The van der Waals surface area contributed by atoms with Crippen molar-refractivity contribution >= 4 is 5.97 Å². The molecule has 1 N–H and O–H groups in total. The zero-order valence-electron chi connectivity index (χ0n) is 12.8. The number of hydrogen-bond donors (Lipinski definition) is 1. The van der Waals surface area contributed by atoms with Gasteiger partial charge in [-0.3, -0.25) is 0 Å². The highest BCUT2D eigenvalue weighted by Gasteiger charge is 2.20. The van der Waals surface area contributed by atoms with Gasteiger partial charge < -0.3 is 19.5 Å². The molecule has 5 heteroatoms. The van der Waals surface area contributed by atoms with Gasteiger partial charge in [-0.2, -0.15) is 0 Å². The number of ether oxygens (including phenoxy) is 3. The van der Waals surface area contributed by atoms with Gasteiger partial charge in [0.2, 0.25) is 0 Å². The van der Waals surface area contributed by atoms with Gasteiger partial charge in [-0.25, -0.2) is 4.79 Å². The fourth-order valence-electron chi connectivity index (χ4n) is 1.87. The minimum absolute atomic E-state index is 0.246. The molecular formula is C16H25NO4. The molecule has 0 saturated carbocycles. The summed E-state index contributed by atoms with van der Waals surface area (Å²) in [5.74, 6) is -0.246. The van der Waals surface area contributed by atoms with Crippen LogP contribution in [-0.2, 0) is 19.0 Å². The molecule has 0 heterocycles. The van der Waals surface area contributed by atoms with Crippen LogP contribution in [0.2, 0.25) is 0 Å². The summed E-state index contributed by atoms with van der Waals surface area (Å²) >= 11 is 0. The number of carbonyl (C=O) groups is 1. The Labute approximate surface area is 126 Å². The molecule has 0 aromatic heterocycles. The molecule has 1 unspecified atom stereocenters. The summed E-state index contributed by atoms with van der Waals surface area (Å²) in [7, 11) is 1.65. The third-order valence-electron chi connectivity index (χ3n) is 2.90. The van der Waals surface area contributed by atoms with E-state index in [1.54, 1.807) is 7.11 Å².